The molecule has 1 N–H and O–H groups in total. The van der Waals surface area contributed by atoms with Gasteiger partial charge in [-0.25, -0.2) is 0 Å². The van der Waals surface area contributed by atoms with E-state index in [1.54, 1.807) is 0 Å². The number of esters is 1. The van der Waals surface area contributed by atoms with Crippen LogP contribution in [-0.2, 0) is 14.3 Å². The van der Waals surface area contributed by atoms with Crippen molar-refractivity contribution in [3.8, 4) is 0 Å². The number of unbranched alkanes of at least 4 members (excludes halogenated alkanes) is 20. The van der Waals surface area contributed by atoms with E-state index in [-0.39, 0.29) is 19.2 Å². The van der Waals surface area contributed by atoms with E-state index in [9.17, 15) is 9.90 Å². The molecule has 0 amide bonds. The van der Waals surface area contributed by atoms with Crippen LogP contribution in [0.15, 0.2) is 109 Å². The molecule has 0 aliphatic rings. The molecular formula is C57H96O4. The van der Waals surface area contributed by atoms with Gasteiger partial charge in [0.2, 0.25) is 0 Å². The fourth-order valence-electron chi connectivity index (χ4n) is 6.81. The first-order valence-corrected chi connectivity index (χ1v) is 25.5. The van der Waals surface area contributed by atoms with Crippen molar-refractivity contribution in [3.63, 3.8) is 0 Å². The Hall–Kier alpha value is -2.95. The van der Waals surface area contributed by atoms with Gasteiger partial charge in [-0.1, -0.05) is 220 Å². The van der Waals surface area contributed by atoms with Crippen LogP contribution in [0.5, 0.6) is 0 Å². The Kier molecular flexibility index (Phi) is 50.6. The average molecular weight is 845 g/mol. The van der Waals surface area contributed by atoms with Gasteiger partial charge in [0.25, 0.3) is 0 Å². The van der Waals surface area contributed by atoms with E-state index in [1.165, 1.54) is 122 Å². The van der Waals surface area contributed by atoms with Gasteiger partial charge in [-0.2, -0.15) is 0 Å². The summed E-state index contributed by atoms with van der Waals surface area (Å²) in [5.41, 5.74) is 0. The first-order valence-electron chi connectivity index (χ1n) is 25.5. The number of rotatable bonds is 46. The van der Waals surface area contributed by atoms with Gasteiger partial charge in [0, 0.05) is 13.0 Å². The molecule has 0 heterocycles. The van der Waals surface area contributed by atoms with Gasteiger partial charge >= 0.3 is 5.97 Å². The molecule has 0 bridgehead atoms. The summed E-state index contributed by atoms with van der Waals surface area (Å²) in [5, 5.41) is 9.65. The van der Waals surface area contributed by atoms with E-state index in [0.717, 1.165) is 77.0 Å². The maximum Gasteiger partial charge on any atom is 0.306 e. The largest absolute Gasteiger partial charge is 0.457 e. The number of aliphatic hydroxyl groups is 1. The summed E-state index contributed by atoms with van der Waals surface area (Å²) in [7, 11) is 0. The Balaban J connectivity index is 3.52. The molecule has 1 atom stereocenters. The summed E-state index contributed by atoms with van der Waals surface area (Å²) >= 11 is 0. The number of aliphatic hydroxyl groups excluding tert-OH is 1. The quantitative estimate of drug-likeness (QED) is 0.0377. The van der Waals surface area contributed by atoms with E-state index in [4.69, 9.17) is 9.47 Å². The zero-order valence-corrected chi connectivity index (χ0v) is 39.9. The van der Waals surface area contributed by atoms with E-state index >= 15 is 0 Å². The lowest BCUT2D eigenvalue weighted by atomic mass is 10.1. The monoisotopic (exact) mass is 845 g/mol. The van der Waals surface area contributed by atoms with Crippen molar-refractivity contribution in [2.24, 2.45) is 0 Å². The van der Waals surface area contributed by atoms with Crippen LogP contribution in [0.25, 0.3) is 0 Å². The summed E-state index contributed by atoms with van der Waals surface area (Å²) < 4.78 is 11.2. The fourth-order valence-corrected chi connectivity index (χ4v) is 6.81. The average Bonchev–Trinajstić information content (AvgIpc) is 3.27. The molecule has 4 heteroatoms. The summed E-state index contributed by atoms with van der Waals surface area (Å²) in [5.74, 6) is -0.215. The summed E-state index contributed by atoms with van der Waals surface area (Å²) in [6.45, 7) is 5.18. The van der Waals surface area contributed by atoms with Gasteiger partial charge in [-0.05, 0) is 103 Å². The number of hydrogen-bond acceptors (Lipinski definition) is 4. The predicted molar refractivity (Wildman–Crippen MR) is 269 cm³/mol. The van der Waals surface area contributed by atoms with Crippen molar-refractivity contribution in [1.29, 1.82) is 0 Å². The van der Waals surface area contributed by atoms with Crippen LogP contribution in [-0.4, -0.2) is 37.0 Å². The van der Waals surface area contributed by atoms with E-state index in [2.05, 4.69) is 123 Å². The minimum atomic E-state index is -0.554. The van der Waals surface area contributed by atoms with Gasteiger partial charge in [-0.3, -0.25) is 4.79 Å². The Bertz CT molecular complexity index is 1170. The van der Waals surface area contributed by atoms with Crippen molar-refractivity contribution in [1.82, 2.24) is 0 Å². The molecule has 0 aliphatic heterocycles. The summed E-state index contributed by atoms with van der Waals surface area (Å²) in [6.07, 6.45) is 77.4. The topological polar surface area (TPSA) is 55.8 Å². The molecule has 0 saturated heterocycles. The minimum Gasteiger partial charge on any atom is -0.457 e. The molecule has 1 unspecified atom stereocenters. The lowest BCUT2D eigenvalue weighted by Crippen LogP contribution is -2.27. The van der Waals surface area contributed by atoms with Gasteiger partial charge in [0.15, 0.2) is 0 Å². The molecule has 4 nitrogen and oxygen atoms in total. The highest BCUT2D eigenvalue weighted by molar-refractivity contribution is 5.69. The van der Waals surface area contributed by atoms with Crippen molar-refractivity contribution in [3.05, 3.63) is 109 Å². The van der Waals surface area contributed by atoms with E-state index < -0.39 is 6.10 Å². The maximum absolute atomic E-state index is 12.3. The number of ether oxygens (including phenoxy) is 2. The Morgan fingerprint density at radius 1 is 0.410 bits per heavy atom. The predicted octanol–water partition coefficient (Wildman–Crippen LogP) is 17.4. The normalized spacial score (nSPS) is 13.3. The smallest absolute Gasteiger partial charge is 0.306 e. The summed E-state index contributed by atoms with van der Waals surface area (Å²) in [6, 6.07) is 0. The van der Waals surface area contributed by atoms with Crippen LogP contribution in [0.3, 0.4) is 0 Å². The van der Waals surface area contributed by atoms with Crippen LogP contribution >= 0.6 is 0 Å². The van der Waals surface area contributed by atoms with Gasteiger partial charge in [-0.15, -0.1) is 0 Å². The van der Waals surface area contributed by atoms with Crippen molar-refractivity contribution in [2.75, 3.05) is 19.8 Å². The lowest BCUT2D eigenvalue weighted by Gasteiger charge is -2.16. The minimum absolute atomic E-state index is 0.186. The number of allylic oxidation sites excluding steroid dienone is 18. The third kappa shape index (κ3) is 51.3. The second-order valence-corrected chi connectivity index (χ2v) is 16.5. The highest BCUT2D eigenvalue weighted by Gasteiger charge is 2.13. The number of hydrogen-bond donors (Lipinski definition) is 1. The third-order valence-corrected chi connectivity index (χ3v) is 10.6. The second kappa shape index (κ2) is 53.2. The van der Waals surface area contributed by atoms with Crippen molar-refractivity contribution in [2.45, 2.75) is 225 Å². The number of carbonyl (C=O) groups is 1. The highest BCUT2D eigenvalue weighted by atomic mass is 16.6. The van der Waals surface area contributed by atoms with Crippen LogP contribution in [0, 0.1) is 0 Å². The molecule has 0 saturated carbocycles. The van der Waals surface area contributed by atoms with Crippen molar-refractivity contribution >= 4 is 5.97 Å². The standard InChI is InChI=1S/C57H96O4/c1-3-5-7-9-11-13-15-17-19-21-23-25-27-28-29-31-33-35-37-39-41-43-45-47-49-51-53-60-55-56(54-58)61-57(59)52-50-48-46-44-42-40-38-36-34-32-30-26-24-22-20-18-16-14-12-10-8-6-4-2/h5,7,11,13,16-19,22-25,28-30,32-33,35,56,58H,3-4,6,8-10,12,14-15,20-21,26-27,31,34,36-55H2,1-2H3/b7-5-,13-11-,18-16-,19-17-,24-22-,25-23-,29-28-,32-30-,35-33-. The molecule has 348 valence electrons. The van der Waals surface area contributed by atoms with Crippen LogP contribution in [0.1, 0.15) is 219 Å². The zero-order chi connectivity index (χ0) is 44.0. The van der Waals surface area contributed by atoms with Crippen molar-refractivity contribution < 1.29 is 19.4 Å². The van der Waals surface area contributed by atoms with Crippen LogP contribution in [0.2, 0.25) is 0 Å². The number of carbonyl (C=O) groups excluding carboxylic acids is 1. The summed E-state index contributed by atoms with van der Waals surface area (Å²) in [4.78, 5) is 12.3. The molecule has 0 fully saturated rings. The lowest BCUT2D eigenvalue weighted by molar-refractivity contribution is -0.154. The maximum atomic E-state index is 12.3. The Morgan fingerprint density at radius 2 is 0.738 bits per heavy atom. The SMILES string of the molecule is CC/C=C\C/C=C\C/C=C\C/C=C\C/C=C\C/C=C\CCCCCCCCCOCC(CO)OC(=O)CCCCCCCCCC/C=C\C/C=C\C/C=C\CCCCCCC. The molecular weight excluding hydrogens is 749 g/mol. The van der Waals surface area contributed by atoms with E-state index in [0.29, 0.717) is 13.0 Å². The Labute approximate surface area is 378 Å². The molecule has 61 heavy (non-hydrogen) atoms. The zero-order valence-electron chi connectivity index (χ0n) is 39.9. The molecule has 0 aliphatic carbocycles. The molecule has 0 spiro atoms. The van der Waals surface area contributed by atoms with Gasteiger partial charge in [0.1, 0.15) is 6.10 Å². The molecule has 0 aromatic rings. The molecule has 0 aromatic carbocycles. The van der Waals surface area contributed by atoms with Gasteiger partial charge < -0.3 is 14.6 Å². The Morgan fingerprint density at radius 3 is 1.11 bits per heavy atom. The second-order valence-electron chi connectivity index (χ2n) is 16.5. The first kappa shape index (κ1) is 58.0. The fraction of sp³-hybridized carbons (Fsp3) is 0.667. The molecule has 0 aromatic heterocycles. The molecule has 0 rings (SSSR count). The van der Waals surface area contributed by atoms with Crippen LogP contribution in [0.4, 0.5) is 0 Å². The van der Waals surface area contributed by atoms with Crippen LogP contribution < -0.4 is 0 Å². The van der Waals surface area contributed by atoms with E-state index in [1.807, 2.05) is 0 Å². The molecule has 0 radical (unpaired) electrons. The first-order chi connectivity index (χ1) is 30.2. The highest BCUT2D eigenvalue weighted by Crippen LogP contribution is 2.13. The van der Waals surface area contributed by atoms with Gasteiger partial charge in [0.05, 0.1) is 13.2 Å². The third-order valence-electron chi connectivity index (χ3n) is 10.6.